The third-order valence-corrected chi connectivity index (χ3v) is 4.20. The number of hydrogen-bond acceptors (Lipinski definition) is 8. The van der Waals surface area contributed by atoms with Gasteiger partial charge >= 0.3 is 17.1 Å². The Morgan fingerprint density at radius 3 is 1.09 bits per heavy atom. The summed E-state index contributed by atoms with van der Waals surface area (Å²) in [4.78, 5) is -0.722. The van der Waals surface area contributed by atoms with Crippen LogP contribution in [0.25, 0.3) is 0 Å². The second kappa shape index (κ2) is 8.29. The fraction of sp³-hybridized carbons (Fsp3) is 0. The molecule has 0 aliphatic carbocycles. The zero-order chi connectivity index (χ0) is 17.0. The van der Waals surface area contributed by atoms with Crippen molar-refractivity contribution >= 4 is 31.6 Å². The van der Waals surface area contributed by atoms with E-state index in [2.05, 4.69) is 0 Å². The van der Waals surface area contributed by atoms with Crippen molar-refractivity contribution in [2.24, 2.45) is 0 Å². The molecule has 0 unspecified atom stereocenters. The summed E-state index contributed by atoms with van der Waals surface area (Å²) in [6.45, 7) is 0. The number of rotatable bonds is 2. The molecular formula is C12H12CuN2O6S2. The fourth-order valence-corrected chi connectivity index (χ4v) is 2.62. The van der Waals surface area contributed by atoms with Crippen molar-refractivity contribution in [2.75, 3.05) is 11.5 Å². The molecule has 2 aromatic carbocycles. The number of nitrogens with two attached hydrogens (primary N) is 2. The van der Waals surface area contributed by atoms with E-state index in [1.165, 1.54) is 36.4 Å². The molecule has 2 aromatic rings. The van der Waals surface area contributed by atoms with Crippen LogP contribution in [-0.4, -0.2) is 25.9 Å². The van der Waals surface area contributed by atoms with Crippen LogP contribution >= 0.6 is 0 Å². The van der Waals surface area contributed by atoms with Crippen LogP contribution in [0.2, 0.25) is 0 Å². The molecule has 0 aromatic heterocycles. The Labute approximate surface area is 144 Å². The Hall–Kier alpha value is -1.62. The summed E-state index contributed by atoms with van der Waals surface area (Å²) in [5.41, 5.74) is 10.4. The van der Waals surface area contributed by atoms with Crippen molar-refractivity contribution < 1.29 is 43.0 Å². The van der Waals surface area contributed by atoms with Crippen molar-refractivity contribution in [3.05, 3.63) is 48.5 Å². The summed E-state index contributed by atoms with van der Waals surface area (Å²) in [5.74, 6) is 0. The molecule has 2 rings (SSSR count). The molecule has 0 amide bonds. The van der Waals surface area contributed by atoms with Crippen molar-refractivity contribution in [1.29, 1.82) is 0 Å². The van der Waals surface area contributed by atoms with Crippen LogP contribution in [0.15, 0.2) is 58.3 Å². The summed E-state index contributed by atoms with van der Waals surface area (Å²) in [5, 5.41) is 0. The topological polar surface area (TPSA) is 166 Å². The standard InChI is InChI=1S/2C6H7NO3S.Cu/c2*7-5-3-1-2-4-6(5)11(8,9)10;/h2*1-4H,7H2,(H,8,9,10);/q;;+2/p-2. The summed E-state index contributed by atoms with van der Waals surface area (Å²) < 4.78 is 62.5. The Kier molecular flexibility index (Phi) is 7.71. The van der Waals surface area contributed by atoms with E-state index in [0.29, 0.717) is 0 Å². The van der Waals surface area contributed by atoms with Gasteiger partial charge in [-0.2, -0.15) is 0 Å². The van der Waals surface area contributed by atoms with Gasteiger partial charge in [-0.3, -0.25) is 0 Å². The van der Waals surface area contributed by atoms with Gasteiger partial charge in [-0.1, -0.05) is 24.3 Å². The Morgan fingerprint density at radius 1 is 0.652 bits per heavy atom. The average Bonchev–Trinajstić information content (AvgIpc) is 2.37. The van der Waals surface area contributed by atoms with Gasteiger partial charge < -0.3 is 20.6 Å². The smallest absolute Gasteiger partial charge is 0.744 e. The van der Waals surface area contributed by atoms with Gasteiger partial charge in [0.15, 0.2) is 0 Å². The average molecular weight is 408 g/mol. The van der Waals surface area contributed by atoms with Crippen LogP contribution in [0.3, 0.4) is 0 Å². The summed E-state index contributed by atoms with van der Waals surface area (Å²) in [6, 6.07) is 11.1. The van der Waals surface area contributed by atoms with Crippen molar-refractivity contribution in [2.45, 2.75) is 9.79 Å². The zero-order valence-corrected chi connectivity index (χ0v) is 13.9. The second-order valence-electron chi connectivity index (χ2n) is 3.98. The quantitative estimate of drug-likeness (QED) is 0.408. The van der Waals surface area contributed by atoms with Crippen LogP contribution in [0.1, 0.15) is 0 Å². The van der Waals surface area contributed by atoms with Gasteiger partial charge in [-0.05, 0) is 24.3 Å². The van der Waals surface area contributed by atoms with Crippen molar-refractivity contribution in [3.8, 4) is 0 Å². The van der Waals surface area contributed by atoms with E-state index in [-0.39, 0.29) is 38.2 Å². The van der Waals surface area contributed by atoms with E-state index >= 15 is 0 Å². The molecule has 0 saturated carbocycles. The molecule has 0 aliphatic heterocycles. The second-order valence-corrected chi connectivity index (χ2v) is 6.68. The third kappa shape index (κ3) is 6.57. The van der Waals surface area contributed by atoms with E-state index in [1.807, 2.05) is 0 Å². The predicted molar refractivity (Wildman–Crippen MR) is 77.6 cm³/mol. The van der Waals surface area contributed by atoms with Gasteiger partial charge in [-0.15, -0.1) is 0 Å². The van der Waals surface area contributed by atoms with Gasteiger partial charge in [0.05, 0.1) is 9.79 Å². The SMILES string of the molecule is Nc1ccccc1S(=O)(=O)[O-].Nc1ccccc1S(=O)(=O)[O-].[Cu+2]. The molecule has 0 aliphatic rings. The van der Waals surface area contributed by atoms with Gasteiger partial charge in [0.1, 0.15) is 20.2 Å². The maximum atomic E-state index is 10.4. The summed E-state index contributed by atoms with van der Waals surface area (Å²) >= 11 is 0. The van der Waals surface area contributed by atoms with Gasteiger partial charge in [0, 0.05) is 11.4 Å². The van der Waals surface area contributed by atoms with E-state index in [4.69, 9.17) is 11.5 Å². The predicted octanol–water partition coefficient (Wildman–Crippen LogP) is 0.343. The first-order chi connectivity index (χ1) is 10.0. The summed E-state index contributed by atoms with van der Waals surface area (Å²) in [7, 11) is -8.82. The molecule has 0 fully saturated rings. The molecule has 0 saturated heterocycles. The van der Waals surface area contributed by atoms with Crippen LogP contribution in [0.4, 0.5) is 11.4 Å². The minimum Gasteiger partial charge on any atom is -0.744 e. The van der Waals surface area contributed by atoms with E-state index in [9.17, 15) is 25.9 Å². The van der Waals surface area contributed by atoms with Crippen LogP contribution in [0, 0.1) is 0 Å². The van der Waals surface area contributed by atoms with Crippen LogP contribution < -0.4 is 11.5 Å². The van der Waals surface area contributed by atoms with E-state index in [1.54, 1.807) is 12.1 Å². The largest absolute Gasteiger partial charge is 2.00 e. The van der Waals surface area contributed by atoms with Crippen LogP contribution in [-0.2, 0) is 37.3 Å². The Balaban J connectivity index is 0.000000403. The first-order valence-electron chi connectivity index (χ1n) is 5.64. The first kappa shape index (κ1) is 21.4. The summed E-state index contributed by atoms with van der Waals surface area (Å²) in [6.07, 6.45) is 0. The van der Waals surface area contributed by atoms with Crippen molar-refractivity contribution in [3.63, 3.8) is 0 Å². The normalized spacial score (nSPS) is 10.9. The molecule has 11 heteroatoms. The first-order valence-corrected chi connectivity index (χ1v) is 8.46. The number of hydrogen-bond donors (Lipinski definition) is 2. The maximum absolute atomic E-state index is 10.4. The number of para-hydroxylation sites is 2. The molecule has 1 radical (unpaired) electrons. The minimum atomic E-state index is -4.41. The fourth-order valence-electron chi connectivity index (χ4n) is 1.42. The third-order valence-electron chi connectivity index (χ3n) is 2.38. The molecule has 8 nitrogen and oxygen atoms in total. The molecular weight excluding hydrogens is 396 g/mol. The van der Waals surface area contributed by atoms with E-state index in [0.717, 1.165) is 0 Å². The van der Waals surface area contributed by atoms with Gasteiger partial charge in [0.25, 0.3) is 0 Å². The molecule has 0 atom stereocenters. The Morgan fingerprint density at radius 2 is 0.913 bits per heavy atom. The minimum absolute atomic E-state index is 0. The zero-order valence-electron chi connectivity index (χ0n) is 11.3. The Bertz CT molecular complexity index is 795. The maximum Gasteiger partial charge on any atom is 2.00 e. The molecule has 0 bridgehead atoms. The molecule has 0 spiro atoms. The van der Waals surface area contributed by atoms with Gasteiger partial charge in [-0.25, -0.2) is 16.8 Å². The molecule has 129 valence electrons. The van der Waals surface area contributed by atoms with Crippen molar-refractivity contribution in [1.82, 2.24) is 0 Å². The number of benzene rings is 2. The van der Waals surface area contributed by atoms with Crippen LogP contribution in [0.5, 0.6) is 0 Å². The monoisotopic (exact) mass is 407 g/mol. The molecule has 0 heterocycles. The molecule has 23 heavy (non-hydrogen) atoms. The number of nitrogen functional groups attached to an aromatic ring is 2. The molecule has 4 N–H and O–H groups in total. The van der Waals surface area contributed by atoms with E-state index < -0.39 is 20.2 Å². The van der Waals surface area contributed by atoms with Gasteiger partial charge in [0.2, 0.25) is 0 Å². The number of anilines is 2.